The van der Waals surface area contributed by atoms with Gasteiger partial charge in [-0.1, -0.05) is 19.4 Å². The van der Waals surface area contributed by atoms with E-state index in [1.165, 1.54) is 18.4 Å². The summed E-state index contributed by atoms with van der Waals surface area (Å²) >= 11 is 0. The first-order valence-electron chi connectivity index (χ1n) is 5.22. The predicted octanol–water partition coefficient (Wildman–Crippen LogP) is 2.81. The van der Waals surface area contributed by atoms with Gasteiger partial charge in [0, 0.05) is 11.4 Å². The molecule has 0 fully saturated rings. The molecule has 0 heterocycles. The van der Waals surface area contributed by atoms with E-state index in [0.29, 0.717) is 0 Å². The zero-order chi connectivity index (χ0) is 10.7. The monoisotopic (exact) mass is 192 g/mol. The van der Waals surface area contributed by atoms with Crippen LogP contribution in [0.1, 0.15) is 36.5 Å². The van der Waals surface area contributed by atoms with Crippen LogP contribution in [-0.4, -0.2) is 0 Å². The van der Waals surface area contributed by atoms with Gasteiger partial charge in [-0.15, -0.1) is 0 Å². The molecule has 0 saturated heterocycles. The number of unbranched alkanes of at least 4 members (excludes halogenated alkanes) is 1. The number of hydrogen-bond donors (Lipinski definition) is 2. The fraction of sp³-hybridized carbons (Fsp3) is 0.500. The Morgan fingerprint density at radius 3 is 2.36 bits per heavy atom. The maximum absolute atomic E-state index is 6.01. The number of anilines is 2. The second-order valence-electron chi connectivity index (χ2n) is 3.91. The third-order valence-electron chi connectivity index (χ3n) is 2.77. The Labute approximate surface area is 86.3 Å². The highest BCUT2D eigenvalue weighted by Crippen LogP contribution is 2.27. The van der Waals surface area contributed by atoms with Crippen molar-refractivity contribution >= 4 is 11.4 Å². The van der Waals surface area contributed by atoms with Crippen molar-refractivity contribution in [3.8, 4) is 0 Å². The summed E-state index contributed by atoms with van der Waals surface area (Å²) in [5.74, 6) is 0. The summed E-state index contributed by atoms with van der Waals surface area (Å²) in [5.41, 5.74) is 17.1. The lowest BCUT2D eigenvalue weighted by Gasteiger charge is -2.13. The van der Waals surface area contributed by atoms with E-state index < -0.39 is 0 Å². The molecule has 0 aliphatic heterocycles. The normalized spacial score (nSPS) is 10.5. The summed E-state index contributed by atoms with van der Waals surface area (Å²) in [6, 6.07) is 2.12. The van der Waals surface area contributed by atoms with Crippen molar-refractivity contribution < 1.29 is 0 Å². The molecule has 0 unspecified atom stereocenters. The van der Waals surface area contributed by atoms with E-state index in [9.17, 15) is 0 Å². The lowest BCUT2D eigenvalue weighted by Crippen LogP contribution is -2.03. The maximum atomic E-state index is 6.01. The highest BCUT2D eigenvalue weighted by molar-refractivity contribution is 5.68. The zero-order valence-electron chi connectivity index (χ0n) is 9.35. The molecular weight excluding hydrogens is 172 g/mol. The average Bonchev–Trinajstić information content (AvgIpc) is 2.18. The molecule has 0 aromatic heterocycles. The number of benzene rings is 1. The highest BCUT2D eigenvalue weighted by atomic mass is 14.6. The molecule has 0 bridgehead atoms. The van der Waals surface area contributed by atoms with E-state index in [-0.39, 0.29) is 0 Å². The van der Waals surface area contributed by atoms with E-state index in [1.54, 1.807) is 0 Å². The van der Waals surface area contributed by atoms with Crippen molar-refractivity contribution in [2.75, 3.05) is 11.5 Å². The molecule has 1 rings (SSSR count). The third-order valence-corrected chi connectivity index (χ3v) is 2.77. The molecule has 78 valence electrons. The van der Waals surface area contributed by atoms with Crippen LogP contribution in [0.25, 0.3) is 0 Å². The van der Waals surface area contributed by atoms with Crippen LogP contribution in [0.15, 0.2) is 6.07 Å². The Balaban J connectivity index is 3.06. The van der Waals surface area contributed by atoms with E-state index in [2.05, 4.69) is 13.0 Å². The maximum Gasteiger partial charge on any atom is 0.0397 e. The topological polar surface area (TPSA) is 52.0 Å². The van der Waals surface area contributed by atoms with Crippen molar-refractivity contribution in [1.29, 1.82) is 0 Å². The minimum atomic E-state index is 0.836. The molecule has 14 heavy (non-hydrogen) atoms. The molecule has 1 aromatic rings. The van der Waals surface area contributed by atoms with Gasteiger partial charge >= 0.3 is 0 Å². The van der Waals surface area contributed by atoms with Crippen molar-refractivity contribution in [3.63, 3.8) is 0 Å². The molecule has 0 atom stereocenters. The lowest BCUT2D eigenvalue weighted by atomic mass is 9.98. The highest BCUT2D eigenvalue weighted by Gasteiger charge is 2.07. The molecule has 2 heteroatoms. The Kier molecular flexibility index (Phi) is 3.39. The van der Waals surface area contributed by atoms with Crippen LogP contribution < -0.4 is 11.5 Å². The van der Waals surface area contributed by atoms with Crippen molar-refractivity contribution in [3.05, 3.63) is 22.8 Å². The molecule has 0 spiro atoms. The largest absolute Gasteiger partial charge is 0.398 e. The predicted molar refractivity (Wildman–Crippen MR) is 63.4 cm³/mol. The van der Waals surface area contributed by atoms with Gasteiger partial charge in [0.1, 0.15) is 0 Å². The van der Waals surface area contributed by atoms with Gasteiger partial charge in [0.2, 0.25) is 0 Å². The Morgan fingerprint density at radius 1 is 1.14 bits per heavy atom. The first-order valence-corrected chi connectivity index (χ1v) is 5.22. The van der Waals surface area contributed by atoms with Gasteiger partial charge in [-0.05, 0) is 43.4 Å². The number of rotatable bonds is 3. The van der Waals surface area contributed by atoms with Crippen molar-refractivity contribution in [1.82, 2.24) is 0 Å². The molecule has 0 aliphatic carbocycles. The summed E-state index contributed by atoms with van der Waals surface area (Å²) < 4.78 is 0. The van der Waals surface area contributed by atoms with Crippen LogP contribution in [0.5, 0.6) is 0 Å². The minimum absolute atomic E-state index is 0.836. The molecule has 2 nitrogen and oxygen atoms in total. The SMILES string of the molecule is CCCCc1cc(C)c(N)c(C)c1N. The van der Waals surface area contributed by atoms with Gasteiger partial charge in [0.15, 0.2) is 0 Å². The van der Waals surface area contributed by atoms with Gasteiger partial charge in [0.25, 0.3) is 0 Å². The smallest absolute Gasteiger partial charge is 0.0397 e. The molecular formula is C12H20N2. The van der Waals surface area contributed by atoms with Gasteiger partial charge in [-0.2, -0.15) is 0 Å². The number of nitrogen functional groups attached to an aromatic ring is 2. The van der Waals surface area contributed by atoms with E-state index in [0.717, 1.165) is 28.9 Å². The number of nitrogens with two attached hydrogens (primary N) is 2. The summed E-state index contributed by atoms with van der Waals surface area (Å²) in [6.45, 7) is 6.22. The average molecular weight is 192 g/mol. The van der Waals surface area contributed by atoms with E-state index in [4.69, 9.17) is 11.5 Å². The fourth-order valence-corrected chi connectivity index (χ4v) is 1.67. The number of aryl methyl sites for hydroxylation is 2. The molecule has 4 N–H and O–H groups in total. The minimum Gasteiger partial charge on any atom is -0.398 e. The summed E-state index contributed by atoms with van der Waals surface area (Å²) in [4.78, 5) is 0. The van der Waals surface area contributed by atoms with Crippen LogP contribution in [-0.2, 0) is 6.42 Å². The Bertz CT molecular complexity index is 330. The second-order valence-corrected chi connectivity index (χ2v) is 3.91. The Morgan fingerprint density at radius 2 is 1.79 bits per heavy atom. The molecule has 1 aromatic carbocycles. The summed E-state index contributed by atoms with van der Waals surface area (Å²) in [5, 5.41) is 0. The van der Waals surface area contributed by atoms with Gasteiger partial charge in [0.05, 0.1) is 0 Å². The molecule has 0 aliphatic rings. The third kappa shape index (κ3) is 2.00. The van der Waals surface area contributed by atoms with Crippen LogP contribution in [0, 0.1) is 13.8 Å². The Hall–Kier alpha value is -1.18. The van der Waals surface area contributed by atoms with E-state index >= 15 is 0 Å². The zero-order valence-corrected chi connectivity index (χ0v) is 9.35. The molecule has 0 saturated carbocycles. The van der Waals surface area contributed by atoms with Gasteiger partial charge in [-0.25, -0.2) is 0 Å². The van der Waals surface area contributed by atoms with E-state index in [1.807, 2.05) is 13.8 Å². The first-order chi connectivity index (χ1) is 6.57. The standard InChI is InChI=1S/C12H20N2/c1-4-5-6-10-7-8(2)11(13)9(3)12(10)14/h7H,4-6,13-14H2,1-3H3. The number of hydrogen-bond acceptors (Lipinski definition) is 2. The second kappa shape index (κ2) is 4.36. The van der Waals surface area contributed by atoms with Crippen LogP contribution >= 0.6 is 0 Å². The first kappa shape index (κ1) is 10.9. The van der Waals surface area contributed by atoms with Gasteiger partial charge in [-0.3, -0.25) is 0 Å². The molecule has 0 amide bonds. The van der Waals surface area contributed by atoms with Gasteiger partial charge < -0.3 is 11.5 Å². The quantitative estimate of drug-likeness (QED) is 0.723. The lowest BCUT2D eigenvalue weighted by molar-refractivity contribution is 0.795. The van der Waals surface area contributed by atoms with Crippen LogP contribution in [0.2, 0.25) is 0 Å². The summed E-state index contributed by atoms with van der Waals surface area (Å²) in [7, 11) is 0. The van der Waals surface area contributed by atoms with Crippen LogP contribution in [0.3, 0.4) is 0 Å². The van der Waals surface area contributed by atoms with Crippen molar-refractivity contribution in [2.24, 2.45) is 0 Å². The van der Waals surface area contributed by atoms with Crippen LogP contribution in [0.4, 0.5) is 11.4 Å². The molecule has 0 radical (unpaired) electrons. The summed E-state index contributed by atoms with van der Waals surface area (Å²) in [6.07, 6.45) is 3.44. The van der Waals surface area contributed by atoms with Crippen molar-refractivity contribution in [2.45, 2.75) is 40.0 Å². The fourth-order valence-electron chi connectivity index (χ4n) is 1.67.